The van der Waals surface area contributed by atoms with Gasteiger partial charge in [-0.15, -0.1) is 11.3 Å². The summed E-state index contributed by atoms with van der Waals surface area (Å²) in [6.07, 6.45) is 0. The first-order valence-electron chi connectivity index (χ1n) is 4.47. The van der Waals surface area contributed by atoms with E-state index in [0.717, 1.165) is 5.69 Å². The highest BCUT2D eigenvalue weighted by molar-refractivity contribution is 7.13. The van der Waals surface area contributed by atoms with Crippen LogP contribution in [-0.2, 0) is 0 Å². The average molecular weight is 204 g/mol. The van der Waals surface area contributed by atoms with Crippen molar-refractivity contribution in [2.75, 3.05) is 12.5 Å². The zero-order valence-electron chi connectivity index (χ0n) is 7.95. The summed E-state index contributed by atoms with van der Waals surface area (Å²) in [5, 5.41) is 2.09. The van der Waals surface area contributed by atoms with Crippen molar-refractivity contribution in [1.29, 1.82) is 0 Å². The second kappa shape index (κ2) is 4.26. The van der Waals surface area contributed by atoms with Gasteiger partial charge in [-0.05, 0) is 29.1 Å². The Morgan fingerprint density at radius 1 is 1.14 bits per heavy atom. The lowest BCUT2D eigenvalue weighted by atomic mass is 10.2. The van der Waals surface area contributed by atoms with Gasteiger partial charge in [0.1, 0.15) is 0 Å². The Kier molecular flexibility index (Phi) is 2.81. The average Bonchev–Trinajstić information content (AvgIpc) is 2.71. The summed E-state index contributed by atoms with van der Waals surface area (Å²) in [6.45, 7) is 0. The second-order valence-electron chi connectivity index (χ2n) is 2.93. The molecule has 0 bridgehead atoms. The molecule has 0 fully saturated rings. The van der Waals surface area contributed by atoms with E-state index in [1.165, 1.54) is 10.4 Å². The largest absolute Gasteiger partial charge is 0.322 e. The van der Waals surface area contributed by atoms with Crippen LogP contribution < -0.4 is 10.9 Å². The van der Waals surface area contributed by atoms with E-state index in [0.29, 0.717) is 0 Å². The number of hydrogen-bond donors (Lipinski definition) is 2. The van der Waals surface area contributed by atoms with E-state index in [2.05, 4.69) is 46.6 Å². The van der Waals surface area contributed by atoms with Gasteiger partial charge >= 0.3 is 0 Å². The van der Waals surface area contributed by atoms with Gasteiger partial charge in [-0.3, -0.25) is 0 Å². The molecule has 0 unspecified atom stereocenters. The number of benzene rings is 1. The van der Waals surface area contributed by atoms with E-state index >= 15 is 0 Å². The van der Waals surface area contributed by atoms with Crippen LogP contribution in [0.15, 0.2) is 41.8 Å². The SMILES string of the molecule is CNNc1cccc(-c2cccs2)c1. The van der Waals surface area contributed by atoms with Crippen LogP contribution in [0.3, 0.4) is 0 Å². The van der Waals surface area contributed by atoms with E-state index in [1.807, 2.05) is 13.1 Å². The molecule has 0 radical (unpaired) electrons. The van der Waals surface area contributed by atoms with Crippen molar-refractivity contribution in [3.05, 3.63) is 41.8 Å². The summed E-state index contributed by atoms with van der Waals surface area (Å²) >= 11 is 1.75. The molecule has 0 atom stereocenters. The van der Waals surface area contributed by atoms with Crippen LogP contribution in [0, 0.1) is 0 Å². The predicted octanol–water partition coefficient (Wildman–Crippen LogP) is 2.96. The van der Waals surface area contributed by atoms with Crippen LogP contribution in [0.5, 0.6) is 0 Å². The summed E-state index contributed by atoms with van der Waals surface area (Å²) in [6, 6.07) is 12.5. The van der Waals surface area contributed by atoms with E-state index in [1.54, 1.807) is 11.3 Å². The molecule has 3 heteroatoms. The van der Waals surface area contributed by atoms with Gasteiger partial charge in [0.05, 0.1) is 0 Å². The van der Waals surface area contributed by atoms with Gasteiger partial charge in [-0.2, -0.15) is 0 Å². The fraction of sp³-hybridized carbons (Fsp3) is 0.0909. The van der Waals surface area contributed by atoms with Crippen molar-refractivity contribution in [3.63, 3.8) is 0 Å². The Bertz CT molecular complexity index is 395. The van der Waals surface area contributed by atoms with E-state index in [4.69, 9.17) is 0 Å². The zero-order chi connectivity index (χ0) is 9.80. The quantitative estimate of drug-likeness (QED) is 0.751. The monoisotopic (exact) mass is 204 g/mol. The molecule has 0 aliphatic heterocycles. The van der Waals surface area contributed by atoms with Crippen LogP contribution in [0.2, 0.25) is 0 Å². The highest BCUT2D eigenvalue weighted by Crippen LogP contribution is 2.26. The molecule has 2 aromatic rings. The third-order valence-electron chi connectivity index (χ3n) is 1.94. The minimum atomic E-state index is 1.08. The highest BCUT2D eigenvalue weighted by Gasteiger charge is 1.98. The first-order chi connectivity index (χ1) is 6.90. The molecule has 0 amide bonds. The zero-order valence-corrected chi connectivity index (χ0v) is 8.77. The number of thiophene rings is 1. The standard InChI is InChI=1S/C11H12N2S/c1-12-13-10-5-2-4-9(8-10)11-6-3-7-14-11/h2-8,12-13H,1H3. The summed E-state index contributed by atoms with van der Waals surface area (Å²) < 4.78 is 0. The molecular formula is C11H12N2S. The Labute approximate surface area is 87.6 Å². The van der Waals surface area contributed by atoms with Gasteiger partial charge in [-0.1, -0.05) is 18.2 Å². The van der Waals surface area contributed by atoms with Gasteiger partial charge in [-0.25, -0.2) is 5.43 Å². The van der Waals surface area contributed by atoms with Crippen molar-refractivity contribution in [2.24, 2.45) is 0 Å². The first-order valence-corrected chi connectivity index (χ1v) is 5.35. The van der Waals surface area contributed by atoms with Crippen LogP contribution in [0.4, 0.5) is 5.69 Å². The van der Waals surface area contributed by atoms with Crippen LogP contribution in [0.1, 0.15) is 0 Å². The van der Waals surface area contributed by atoms with Gasteiger partial charge in [0.2, 0.25) is 0 Å². The van der Waals surface area contributed by atoms with Crippen molar-refractivity contribution < 1.29 is 0 Å². The van der Waals surface area contributed by atoms with Crippen LogP contribution in [-0.4, -0.2) is 7.05 Å². The number of nitrogens with one attached hydrogen (secondary N) is 2. The lowest BCUT2D eigenvalue weighted by Gasteiger charge is -2.05. The summed E-state index contributed by atoms with van der Waals surface area (Å²) in [5.74, 6) is 0. The van der Waals surface area contributed by atoms with Crippen molar-refractivity contribution in [2.45, 2.75) is 0 Å². The fourth-order valence-corrected chi connectivity index (χ4v) is 2.06. The van der Waals surface area contributed by atoms with Gasteiger partial charge in [0.25, 0.3) is 0 Å². The Morgan fingerprint density at radius 2 is 2.07 bits per heavy atom. The smallest absolute Gasteiger partial charge is 0.0493 e. The Morgan fingerprint density at radius 3 is 2.79 bits per heavy atom. The van der Waals surface area contributed by atoms with Gasteiger partial charge in [0, 0.05) is 17.6 Å². The number of anilines is 1. The number of rotatable bonds is 3. The molecule has 0 aliphatic carbocycles. The first kappa shape index (κ1) is 9.24. The minimum absolute atomic E-state index is 1.08. The van der Waals surface area contributed by atoms with Crippen LogP contribution in [0.25, 0.3) is 10.4 Å². The molecule has 0 saturated heterocycles. The lowest BCUT2D eigenvalue weighted by molar-refractivity contribution is 0.984. The molecular weight excluding hydrogens is 192 g/mol. The van der Waals surface area contributed by atoms with Crippen molar-refractivity contribution >= 4 is 17.0 Å². The number of hydrogen-bond acceptors (Lipinski definition) is 3. The topological polar surface area (TPSA) is 24.1 Å². The summed E-state index contributed by atoms with van der Waals surface area (Å²) in [5.41, 5.74) is 8.31. The lowest BCUT2D eigenvalue weighted by Crippen LogP contribution is -2.14. The number of hydrazine groups is 1. The fourth-order valence-electron chi connectivity index (χ4n) is 1.34. The maximum Gasteiger partial charge on any atom is 0.0493 e. The van der Waals surface area contributed by atoms with Gasteiger partial charge < -0.3 is 5.43 Å². The van der Waals surface area contributed by atoms with Crippen molar-refractivity contribution in [3.8, 4) is 10.4 Å². The van der Waals surface area contributed by atoms with E-state index < -0.39 is 0 Å². The molecule has 0 spiro atoms. The predicted molar refractivity (Wildman–Crippen MR) is 62.4 cm³/mol. The van der Waals surface area contributed by atoms with Crippen LogP contribution >= 0.6 is 11.3 Å². The third kappa shape index (κ3) is 1.95. The Balaban J connectivity index is 2.31. The normalized spacial score (nSPS) is 10.1. The molecule has 2 rings (SSSR count). The molecule has 1 heterocycles. The van der Waals surface area contributed by atoms with Crippen molar-refractivity contribution in [1.82, 2.24) is 5.43 Å². The van der Waals surface area contributed by atoms with E-state index in [-0.39, 0.29) is 0 Å². The summed E-state index contributed by atoms with van der Waals surface area (Å²) in [7, 11) is 1.86. The maximum absolute atomic E-state index is 3.06. The third-order valence-corrected chi connectivity index (χ3v) is 2.86. The molecule has 0 saturated carbocycles. The second-order valence-corrected chi connectivity index (χ2v) is 3.88. The molecule has 2 nitrogen and oxygen atoms in total. The van der Waals surface area contributed by atoms with E-state index in [9.17, 15) is 0 Å². The molecule has 72 valence electrons. The molecule has 2 N–H and O–H groups in total. The summed E-state index contributed by atoms with van der Waals surface area (Å²) in [4.78, 5) is 1.30. The molecule has 0 aliphatic rings. The minimum Gasteiger partial charge on any atom is -0.322 e. The highest BCUT2D eigenvalue weighted by atomic mass is 32.1. The molecule has 1 aromatic carbocycles. The molecule has 1 aromatic heterocycles. The van der Waals surface area contributed by atoms with Gasteiger partial charge in [0.15, 0.2) is 0 Å². The maximum atomic E-state index is 3.06. The molecule has 14 heavy (non-hydrogen) atoms. The Hall–Kier alpha value is -1.32.